The molecule has 0 unspecified atom stereocenters. The maximum Gasteiger partial charge on any atom is 0.120 e. The van der Waals surface area contributed by atoms with Crippen molar-refractivity contribution >= 4 is 11.3 Å². The fourth-order valence-electron chi connectivity index (χ4n) is 1.15. The van der Waals surface area contributed by atoms with E-state index in [2.05, 4.69) is 4.98 Å². The molecule has 1 aromatic heterocycles. The van der Waals surface area contributed by atoms with Crippen molar-refractivity contribution in [3.8, 4) is 0 Å². The molecule has 0 atom stereocenters. The highest BCUT2D eigenvalue weighted by Gasteiger charge is 2.05. The fraction of sp³-hybridized carbons (Fsp3) is 0.182. The Labute approximate surface area is 83.6 Å². The molecule has 3 nitrogen and oxygen atoms in total. The van der Waals surface area contributed by atoms with Crippen molar-refractivity contribution in [1.82, 2.24) is 4.98 Å². The normalized spacial score (nSPS) is 13.0. The number of pyridine rings is 1. The molecule has 0 aliphatic rings. The van der Waals surface area contributed by atoms with Gasteiger partial charge in [0.05, 0.1) is 17.6 Å². The number of aliphatic hydroxyl groups is 1. The van der Waals surface area contributed by atoms with E-state index in [-0.39, 0.29) is 5.76 Å². The van der Waals surface area contributed by atoms with Crippen molar-refractivity contribution in [2.75, 3.05) is 5.73 Å². The van der Waals surface area contributed by atoms with Crippen molar-refractivity contribution in [3.63, 3.8) is 0 Å². The zero-order valence-electron chi connectivity index (χ0n) is 8.36. The van der Waals surface area contributed by atoms with E-state index < -0.39 is 0 Å². The van der Waals surface area contributed by atoms with Crippen LogP contribution in [0.3, 0.4) is 0 Å². The van der Waals surface area contributed by atoms with Crippen LogP contribution in [0.1, 0.15) is 19.5 Å². The Hall–Kier alpha value is -1.77. The second kappa shape index (κ2) is 4.46. The van der Waals surface area contributed by atoms with Crippen molar-refractivity contribution < 1.29 is 5.11 Å². The molecule has 14 heavy (non-hydrogen) atoms. The predicted molar refractivity (Wildman–Crippen MR) is 58.7 cm³/mol. The van der Waals surface area contributed by atoms with Crippen molar-refractivity contribution in [3.05, 3.63) is 41.9 Å². The summed E-state index contributed by atoms with van der Waals surface area (Å²) in [7, 11) is 0. The first-order chi connectivity index (χ1) is 6.69. The van der Waals surface area contributed by atoms with E-state index in [1.54, 1.807) is 31.3 Å². The molecular weight excluding hydrogens is 176 g/mol. The van der Waals surface area contributed by atoms with E-state index in [1.165, 1.54) is 0 Å². The Balaban J connectivity index is 3.09. The van der Waals surface area contributed by atoms with Crippen LogP contribution in [0.25, 0.3) is 5.57 Å². The first-order valence-electron chi connectivity index (χ1n) is 4.43. The van der Waals surface area contributed by atoms with E-state index in [0.717, 1.165) is 5.69 Å². The summed E-state index contributed by atoms with van der Waals surface area (Å²) in [5.41, 5.74) is 7.57. The summed E-state index contributed by atoms with van der Waals surface area (Å²) in [6, 6.07) is 3.54. The summed E-state index contributed by atoms with van der Waals surface area (Å²) in [4.78, 5) is 4.12. The third-order valence-electron chi connectivity index (χ3n) is 1.90. The largest absolute Gasteiger partial charge is 0.508 e. The second-order valence-corrected chi connectivity index (χ2v) is 2.85. The van der Waals surface area contributed by atoms with Gasteiger partial charge in [-0.2, -0.15) is 0 Å². The van der Waals surface area contributed by atoms with Crippen LogP contribution in [0.2, 0.25) is 0 Å². The van der Waals surface area contributed by atoms with Gasteiger partial charge in [0.25, 0.3) is 0 Å². The van der Waals surface area contributed by atoms with Gasteiger partial charge in [0.15, 0.2) is 0 Å². The maximum absolute atomic E-state index is 9.56. The van der Waals surface area contributed by atoms with Crippen LogP contribution in [0, 0.1) is 0 Å². The van der Waals surface area contributed by atoms with Gasteiger partial charge >= 0.3 is 0 Å². The molecule has 74 valence electrons. The molecule has 0 amide bonds. The van der Waals surface area contributed by atoms with Crippen LogP contribution in [-0.4, -0.2) is 10.1 Å². The highest BCUT2D eigenvalue weighted by Crippen LogP contribution is 2.19. The first kappa shape index (κ1) is 10.3. The Morgan fingerprint density at radius 2 is 2.07 bits per heavy atom. The summed E-state index contributed by atoms with van der Waals surface area (Å²) in [5.74, 6) is 0.227. The minimum atomic E-state index is 0.227. The number of hydrogen-bond acceptors (Lipinski definition) is 3. The van der Waals surface area contributed by atoms with Gasteiger partial charge in [0, 0.05) is 5.57 Å². The summed E-state index contributed by atoms with van der Waals surface area (Å²) < 4.78 is 0. The molecule has 0 aliphatic carbocycles. The average molecular weight is 190 g/mol. The zero-order valence-corrected chi connectivity index (χ0v) is 8.36. The monoisotopic (exact) mass is 190 g/mol. The minimum absolute atomic E-state index is 0.227. The van der Waals surface area contributed by atoms with Gasteiger partial charge in [-0.1, -0.05) is 6.08 Å². The SMILES string of the molecule is C/C=C(\C(O)=C/C)c1ccc(N)cn1. The predicted octanol–water partition coefficient (Wildman–Crippen LogP) is 2.53. The molecule has 0 aliphatic heterocycles. The summed E-state index contributed by atoms with van der Waals surface area (Å²) in [6.45, 7) is 3.63. The third kappa shape index (κ3) is 2.13. The molecule has 0 fully saturated rings. The van der Waals surface area contributed by atoms with Gasteiger partial charge < -0.3 is 10.8 Å². The number of nitrogen functional groups attached to an aromatic ring is 1. The molecule has 1 rings (SSSR count). The molecule has 1 aromatic rings. The smallest absolute Gasteiger partial charge is 0.120 e. The van der Waals surface area contributed by atoms with Crippen LogP contribution in [0.15, 0.2) is 36.2 Å². The molecule has 0 bridgehead atoms. The lowest BCUT2D eigenvalue weighted by Gasteiger charge is -2.05. The number of nitrogens with zero attached hydrogens (tertiary/aromatic N) is 1. The number of rotatable bonds is 2. The lowest BCUT2D eigenvalue weighted by Crippen LogP contribution is -1.94. The van der Waals surface area contributed by atoms with Gasteiger partial charge in [-0.05, 0) is 32.1 Å². The Kier molecular flexibility index (Phi) is 3.29. The lowest BCUT2D eigenvalue weighted by molar-refractivity contribution is 0.436. The molecular formula is C11H14N2O. The summed E-state index contributed by atoms with van der Waals surface area (Å²) in [5, 5.41) is 9.56. The number of allylic oxidation sites excluding steroid dienone is 3. The average Bonchev–Trinajstić information content (AvgIpc) is 2.21. The fourth-order valence-corrected chi connectivity index (χ4v) is 1.15. The lowest BCUT2D eigenvalue weighted by atomic mass is 10.1. The molecule has 0 saturated heterocycles. The topological polar surface area (TPSA) is 59.1 Å². The van der Waals surface area contributed by atoms with Gasteiger partial charge in [-0.25, -0.2) is 0 Å². The quantitative estimate of drug-likeness (QED) is 0.556. The van der Waals surface area contributed by atoms with Gasteiger partial charge in [0.2, 0.25) is 0 Å². The zero-order chi connectivity index (χ0) is 10.6. The van der Waals surface area contributed by atoms with Crippen LogP contribution in [0.5, 0.6) is 0 Å². The van der Waals surface area contributed by atoms with Crippen LogP contribution in [-0.2, 0) is 0 Å². The Morgan fingerprint density at radius 3 is 2.50 bits per heavy atom. The molecule has 0 spiro atoms. The third-order valence-corrected chi connectivity index (χ3v) is 1.90. The first-order valence-corrected chi connectivity index (χ1v) is 4.43. The number of anilines is 1. The standard InChI is InChI=1S/C11H14N2O/c1-3-9(11(14)4-2)10-6-5-8(12)7-13-10/h3-7,14H,12H2,1-2H3/b9-3-,11-4+. The number of aliphatic hydroxyl groups excluding tert-OH is 1. The number of nitrogens with two attached hydrogens (primary N) is 1. The van der Waals surface area contributed by atoms with E-state index in [1.807, 2.05) is 13.0 Å². The summed E-state index contributed by atoms with van der Waals surface area (Å²) in [6.07, 6.45) is 5.02. The van der Waals surface area contributed by atoms with Crippen molar-refractivity contribution in [1.29, 1.82) is 0 Å². The molecule has 0 radical (unpaired) electrons. The number of aromatic nitrogens is 1. The van der Waals surface area contributed by atoms with Crippen LogP contribution < -0.4 is 5.73 Å². The molecule has 1 heterocycles. The van der Waals surface area contributed by atoms with Gasteiger partial charge in [0.1, 0.15) is 5.76 Å². The summed E-state index contributed by atoms with van der Waals surface area (Å²) >= 11 is 0. The minimum Gasteiger partial charge on any atom is -0.508 e. The number of hydrogen-bond donors (Lipinski definition) is 2. The highest BCUT2D eigenvalue weighted by molar-refractivity contribution is 5.74. The van der Waals surface area contributed by atoms with Crippen LogP contribution >= 0.6 is 0 Å². The molecule has 0 saturated carbocycles. The van der Waals surface area contributed by atoms with Gasteiger partial charge in [-0.3, -0.25) is 4.98 Å². The van der Waals surface area contributed by atoms with E-state index >= 15 is 0 Å². The van der Waals surface area contributed by atoms with Gasteiger partial charge in [-0.15, -0.1) is 0 Å². The second-order valence-electron chi connectivity index (χ2n) is 2.85. The van der Waals surface area contributed by atoms with E-state index in [9.17, 15) is 5.11 Å². The molecule has 0 aromatic carbocycles. The molecule has 3 heteroatoms. The van der Waals surface area contributed by atoms with Crippen LogP contribution in [0.4, 0.5) is 5.69 Å². The Morgan fingerprint density at radius 1 is 1.36 bits per heavy atom. The highest BCUT2D eigenvalue weighted by atomic mass is 16.3. The van der Waals surface area contributed by atoms with E-state index in [0.29, 0.717) is 11.3 Å². The maximum atomic E-state index is 9.56. The van der Waals surface area contributed by atoms with Crippen molar-refractivity contribution in [2.45, 2.75) is 13.8 Å². The van der Waals surface area contributed by atoms with Crippen molar-refractivity contribution in [2.24, 2.45) is 0 Å². The Bertz CT molecular complexity index is 363. The van der Waals surface area contributed by atoms with E-state index in [4.69, 9.17) is 5.73 Å². The molecule has 3 N–H and O–H groups in total.